The van der Waals surface area contributed by atoms with Gasteiger partial charge in [0.25, 0.3) is 0 Å². The second-order valence-corrected chi connectivity index (χ2v) is 4.47. The quantitative estimate of drug-likeness (QED) is 0.769. The summed E-state index contributed by atoms with van der Waals surface area (Å²) < 4.78 is 17.9. The first-order valence-corrected chi connectivity index (χ1v) is 5.83. The molecule has 0 saturated carbocycles. The summed E-state index contributed by atoms with van der Waals surface area (Å²) in [5.74, 6) is 0.198. The van der Waals surface area contributed by atoms with Gasteiger partial charge in [0.1, 0.15) is 5.82 Å². The number of rotatable bonds is 7. The number of aliphatic hydroxyl groups is 1. The van der Waals surface area contributed by atoms with Crippen LogP contribution in [0.3, 0.4) is 0 Å². The van der Waals surface area contributed by atoms with Gasteiger partial charge in [-0.3, -0.25) is 0 Å². The highest BCUT2D eigenvalue weighted by Gasteiger charge is 2.04. The predicted molar refractivity (Wildman–Crippen MR) is 66.6 cm³/mol. The summed E-state index contributed by atoms with van der Waals surface area (Å²) in [7, 11) is 0. The van der Waals surface area contributed by atoms with Gasteiger partial charge in [-0.25, -0.2) is 4.39 Å². The Hall–Kier alpha value is -1.13. The molecule has 1 aromatic rings. The molecule has 0 saturated heterocycles. The molecule has 17 heavy (non-hydrogen) atoms. The van der Waals surface area contributed by atoms with Gasteiger partial charge in [-0.2, -0.15) is 0 Å². The van der Waals surface area contributed by atoms with Crippen molar-refractivity contribution in [1.82, 2.24) is 0 Å². The van der Waals surface area contributed by atoms with Gasteiger partial charge in [-0.1, -0.05) is 13.8 Å². The molecule has 0 heterocycles. The lowest BCUT2D eigenvalue weighted by Crippen LogP contribution is -2.25. The van der Waals surface area contributed by atoms with Crippen molar-refractivity contribution >= 4 is 5.69 Å². The molecule has 0 spiro atoms. The predicted octanol–water partition coefficient (Wildman–Crippen LogP) is 2.27. The topological polar surface area (TPSA) is 41.5 Å². The van der Waals surface area contributed by atoms with Crippen molar-refractivity contribution in [2.45, 2.75) is 20.0 Å². The molecule has 3 nitrogen and oxygen atoms in total. The maximum absolute atomic E-state index is 12.6. The maximum atomic E-state index is 12.6. The molecule has 0 bridgehead atoms. The number of aliphatic hydroxyl groups excluding tert-OH is 1. The summed E-state index contributed by atoms with van der Waals surface area (Å²) in [6.07, 6.45) is -0.557. The Morgan fingerprint density at radius 3 is 2.47 bits per heavy atom. The average Bonchev–Trinajstić information content (AvgIpc) is 2.28. The van der Waals surface area contributed by atoms with E-state index in [4.69, 9.17) is 4.74 Å². The summed E-state index contributed by atoms with van der Waals surface area (Å²) in [6.45, 7) is 5.47. The summed E-state index contributed by atoms with van der Waals surface area (Å²) >= 11 is 0. The molecule has 0 fully saturated rings. The first-order valence-electron chi connectivity index (χ1n) is 5.83. The molecular weight excluding hydrogens is 221 g/mol. The van der Waals surface area contributed by atoms with E-state index in [2.05, 4.69) is 19.2 Å². The summed E-state index contributed by atoms with van der Waals surface area (Å²) in [6, 6.07) is 6.03. The van der Waals surface area contributed by atoms with E-state index in [0.29, 0.717) is 25.7 Å². The Labute approximate surface area is 102 Å². The van der Waals surface area contributed by atoms with Crippen molar-refractivity contribution in [2.24, 2.45) is 5.92 Å². The highest BCUT2D eigenvalue weighted by molar-refractivity contribution is 5.42. The monoisotopic (exact) mass is 241 g/mol. The van der Waals surface area contributed by atoms with Crippen molar-refractivity contribution in [3.8, 4) is 0 Å². The van der Waals surface area contributed by atoms with Crippen LogP contribution in [0.2, 0.25) is 0 Å². The Morgan fingerprint density at radius 2 is 1.88 bits per heavy atom. The van der Waals surface area contributed by atoms with E-state index in [1.54, 1.807) is 12.1 Å². The van der Waals surface area contributed by atoms with Gasteiger partial charge in [-0.05, 0) is 30.2 Å². The Morgan fingerprint density at radius 1 is 1.24 bits per heavy atom. The first kappa shape index (κ1) is 13.9. The Balaban J connectivity index is 2.19. The second-order valence-electron chi connectivity index (χ2n) is 4.47. The minimum atomic E-state index is -0.557. The van der Waals surface area contributed by atoms with E-state index in [1.165, 1.54) is 12.1 Å². The third-order valence-electron chi connectivity index (χ3n) is 2.15. The number of hydrogen-bond donors (Lipinski definition) is 2. The molecule has 0 aliphatic heterocycles. The summed E-state index contributed by atoms with van der Waals surface area (Å²) in [5, 5.41) is 12.6. The highest BCUT2D eigenvalue weighted by Crippen LogP contribution is 2.08. The number of anilines is 1. The van der Waals surface area contributed by atoms with Crippen LogP contribution in [0.25, 0.3) is 0 Å². The summed E-state index contributed by atoms with van der Waals surface area (Å²) in [4.78, 5) is 0. The standard InChI is InChI=1S/C13H20FNO2/c1-10(2)8-17-9-13(16)7-15-12-5-3-11(14)4-6-12/h3-6,10,13,15-16H,7-9H2,1-2H3. The van der Waals surface area contributed by atoms with Crippen LogP contribution in [0.4, 0.5) is 10.1 Å². The van der Waals surface area contributed by atoms with Crippen LogP contribution in [-0.2, 0) is 4.74 Å². The molecule has 0 radical (unpaired) electrons. The van der Waals surface area contributed by atoms with Crippen molar-refractivity contribution in [3.05, 3.63) is 30.1 Å². The molecule has 1 unspecified atom stereocenters. The van der Waals surface area contributed by atoms with Gasteiger partial charge < -0.3 is 15.2 Å². The maximum Gasteiger partial charge on any atom is 0.123 e. The Bertz CT molecular complexity index is 314. The SMILES string of the molecule is CC(C)COCC(O)CNc1ccc(F)cc1. The zero-order valence-corrected chi connectivity index (χ0v) is 10.3. The molecule has 1 rings (SSSR count). The van der Waals surface area contributed by atoms with E-state index in [0.717, 1.165) is 5.69 Å². The van der Waals surface area contributed by atoms with Crippen LogP contribution in [0.15, 0.2) is 24.3 Å². The molecule has 1 aromatic carbocycles. The number of halogens is 1. The van der Waals surface area contributed by atoms with Crippen molar-refractivity contribution in [1.29, 1.82) is 0 Å². The van der Waals surface area contributed by atoms with Crippen LogP contribution in [-0.4, -0.2) is 31.0 Å². The van der Waals surface area contributed by atoms with Crippen LogP contribution >= 0.6 is 0 Å². The van der Waals surface area contributed by atoms with Gasteiger partial charge >= 0.3 is 0 Å². The molecule has 96 valence electrons. The third kappa shape index (κ3) is 6.24. The van der Waals surface area contributed by atoms with Gasteiger partial charge in [-0.15, -0.1) is 0 Å². The van der Waals surface area contributed by atoms with Gasteiger partial charge in [0, 0.05) is 18.8 Å². The Kier molecular flexibility index (Phi) is 5.94. The normalized spacial score (nSPS) is 12.8. The zero-order valence-electron chi connectivity index (χ0n) is 10.3. The van der Waals surface area contributed by atoms with Crippen molar-refractivity contribution in [2.75, 3.05) is 25.1 Å². The van der Waals surface area contributed by atoms with Gasteiger partial charge in [0.05, 0.1) is 12.7 Å². The zero-order chi connectivity index (χ0) is 12.7. The molecule has 0 aliphatic carbocycles. The number of benzene rings is 1. The van der Waals surface area contributed by atoms with Crippen LogP contribution in [0.5, 0.6) is 0 Å². The first-order chi connectivity index (χ1) is 8.08. The second kappa shape index (κ2) is 7.25. The van der Waals surface area contributed by atoms with E-state index in [1.807, 2.05) is 0 Å². The lowest BCUT2D eigenvalue weighted by molar-refractivity contribution is 0.0318. The molecule has 1 atom stereocenters. The number of ether oxygens (including phenoxy) is 1. The lowest BCUT2D eigenvalue weighted by atomic mass is 10.2. The highest BCUT2D eigenvalue weighted by atomic mass is 19.1. The van der Waals surface area contributed by atoms with Gasteiger partial charge in [0.2, 0.25) is 0 Å². The van der Waals surface area contributed by atoms with E-state index < -0.39 is 6.10 Å². The lowest BCUT2D eigenvalue weighted by Gasteiger charge is -2.14. The fourth-order valence-corrected chi connectivity index (χ4v) is 1.30. The largest absolute Gasteiger partial charge is 0.389 e. The fraction of sp³-hybridized carbons (Fsp3) is 0.538. The minimum absolute atomic E-state index is 0.267. The molecule has 2 N–H and O–H groups in total. The van der Waals surface area contributed by atoms with E-state index in [-0.39, 0.29) is 5.82 Å². The van der Waals surface area contributed by atoms with E-state index in [9.17, 15) is 9.50 Å². The van der Waals surface area contributed by atoms with Crippen molar-refractivity contribution in [3.63, 3.8) is 0 Å². The molecule has 4 heteroatoms. The molecule has 0 aromatic heterocycles. The average molecular weight is 241 g/mol. The summed E-state index contributed by atoms with van der Waals surface area (Å²) in [5.41, 5.74) is 0.786. The molecule has 0 amide bonds. The van der Waals surface area contributed by atoms with Crippen LogP contribution in [0.1, 0.15) is 13.8 Å². The number of hydrogen-bond acceptors (Lipinski definition) is 3. The van der Waals surface area contributed by atoms with Crippen LogP contribution < -0.4 is 5.32 Å². The van der Waals surface area contributed by atoms with E-state index >= 15 is 0 Å². The van der Waals surface area contributed by atoms with Gasteiger partial charge in [0.15, 0.2) is 0 Å². The third-order valence-corrected chi connectivity index (χ3v) is 2.15. The smallest absolute Gasteiger partial charge is 0.123 e. The molecule has 0 aliphatic rings. The fourth-order valence-electron chi connectivity index (χ4n) is 1.30. The van der Waals surface area contributed by atoms with Crippen molar-refractivity contribution < 1.29 is 14.2 Å². The van der Waals surface area contributed by atoms with Crippen LogP contribution in [0, 0.1) is 11.7 Å². The minimum Gasteiger partial charge on any atom is -0.389 e. The number of nitrogens with one attached hydrogen (secondary N) is 1. The molecular formula is C13H20FNO2.